The summed E-state index contributed by atoms with van der Waals surface area (Å²) < 4.78 is 6.17. The molecule has 3 N–H and O–H groups in total. The van der Waals surface area contributed by atoms with Crippen molar-refractivity contribution in [1.29, 1.82) is 0 Å². The van der Waals surface area contributed by atoms with Crippen LogP contribution in [0.15, 0.2) is 36.9 Å². The molecule has 0 bridgehead atoms. The van der Waals surface area contributed by atoms with Crippen molar-refractivity contribution in [3.63, 3.8) is 0 Å². The third-order valence-corrected chi connectivity index (χ3v) is 14.9. The van der Waals surface area contributed by atoms with Crippen LogP contribution in [-0.2, 0) is 9.53 Å². The molecule has 43 heavy (non-hydrogen) atoms. The molecular formula is C38H54O5. The van der Waals surface area contributed by atoms with E-state index in [2.05, 4.69) is 47.3 Å². The van der Waals surface area contributed by atoms with Gasteiger partial charge in [-0.1, -0.05) is 46.8 Å². The third-order valence-electron chi connectivity index (χ3n) is 14.9. The number of carbonyl (C=O) groups is 1. The highest BCUT2D eigenvalue weighted by Gasteiger charge is 2.70. The number of hydrogen-bond donors (Lipinski definition) is 3. The quantitative estimate of drug-likeness (QED) is 0.139. The van der Waals surface area contributed by atoms with Gasteiger partial charge in [0.2, 0.25) is 0 Å². The third kappa shape index (κ3) is 4.37. The van der Waals surface area contributed by atoms with E-state index in [-0.39, 0.29) is 50.6 Å². The summed E-state index contributed by atoms with van der Waals surface area (Å²) >= 11 is 0. The lowest BCUT2D eigenvalue weighted by molar-refractivity contribution is -0.251. The minimum Gasteiger partial charge on any atom is -0.504 e. The maximum absolute atomic E-state index is 13.0. The van der Waals surface area contributed by atoms with Crippen LogP contribution in [0.2, 0.25) is 0 Å². The SMILES string of the molecule is C=C[C@@H]1CC[C@]2(CO)CC[C@]3(C)C(CCC4[C@@]5(C)CC[C@H](OC(=O)C=Cc6ccc(O)c(O)c6)C(C)(C)C5CC[C@]43C)C12. The Morgan fingerprint density at radius 3 is 2.37 bits per heavy atom. The number of aliphatic hydroxyl groups excluding tert-OH is 1. The predicted octanol–water partition coefficient (Wildman–Crippen LogP) is 8.28. The van der Waals surface area contributed by atoms with Crippen molar-refractivity contribution in [3.8, 4) is 11.5 Å². The van der Waals surface area contributed by atoms with Gasteiger partial charge in [-0.15, -0.1) is 6.58 Å². The lowest BCUT2D eigenvalue weighted by Gasteiger charge is -2.73. The highest BCUT2D eigenvalue weighted by atomic mass is 16.5. The molecule has 0 spiro atoms. The number of phenolic OH excluding ortho intramolecular Hbond substituents is 2. The minimum atomic E-state index is -0.356. The van der Waals surface area contributed by atoms with Crippen molar-refractivity contribution in [2.75, 3.05) is 6.61 Å². The van der Waals surface area contributed by atoms with Crippen molar-refractivity contribution >= 4 is 12.0 Å². The molecule has 1 aromatic rings. The van der Waals surface area contributed by atoms with Crippen molar-refractivity contribution in [2.45, 2.75) is 105 Å². The zero-order chi connectivity index (χ0) is 31.0. The first-order valence-corrected chi connectivity index (χ1v) is 16.9. The fourth-order valence-corrected chi connectivity index (χ4v) is 12.5. The first kappa shape index (κ1) is 30.7. The Morgan fingerprint density at radius 1 is 0.907 bits per heavy atom. The minimum absolute atomic E-state index is 0.0916. The average Bonchev–Trinajstić information content (AvgIpc) is 3.35. The van der Waals surface area contributed by atoms with Gasteiger partial charge in [0.25, 0.3) is 0 Å². The average molecular weight is 591 g/mol. The van der Waals surface area contributed by atoms with Crippen LogP contribution in [0.4, 0.5) is 0 Å². The molecule has 0 aromatic heterocycles. The molecule has 5 heteroatoms. The van der Waals surface area contributed by atoms with E-state index in [4.69, 9.17) is 4.74 Å². The number of carbonyl (C=O) groups excluding carboxylic acids is 1. The smallest absolute Gasteiger partial charge is 0.331 e. The van der Waals surface area contributed by atoms with Crippen molar-refractivity contribution < 1.29 is 24.9 Å². The number of allylic oxidation sites excluding steroid dienone is 1. The molecule has 5 aliphatic rings. The molecule has 10 atom stereocenters. The number of fused-ring (bicyclic) bond motifs is 7. The van der Waals surface area contributed by atoms with E-state index >= 15 is 0 Å². The van der Waals surface area contributed by atoms with Gasteiger partial charge < -0.3 is 20.1 Å². The highest BCUT2D eigenvalue weighted by Crippen LogP contribution is 2.77. The molecule has 0 amide bonds. The van der Waals surface area contributed by atoms with Crippen LogP contribution < -0.4 is 0 Å². The normalized spacial score (nSPS) is 45.0. The second-order valence-corrected chi connectivity index (χ2v) is 16.5. The largest absolute Gasteiger partial charge is 0.504 e. The number of phenols is 2. The van der Waals surface area contributed by atoms with Crippen LogP contribution in [0, 0.1) is 56.7 Å². The van der Waals surface area contributed by atoms with Crippen LogP contribution in [0.5, 0.6) is 11.5 Å². The number of hydrogen-bond acceptors (Lipinski definition) is 5. The van der Waals surface area contributed by atoms with Crippen LogP contribution in [0.3, 0.4) is 0 Å². The zero-order valence-electron chi connectivity index (χ0n) is 27.1. The molecule has 5 saturated carbocycles. The molecule has 4 unspecified atom stereocenters. The molecule has 1 aromatic carbocycles. The van der Waals surface area contributed by atoms with Gasteiger partial charge in [-0.2, -0.15) is 0 Å². The van der Waals surface area contributed by atoms with Gasteiger partial charge in [0.15, 0.2) is 11.5 Å². The number of aromatic hydroxyl groups is 2. The van der Waals surface area contributed by atoms with E-state index < -0.39 is 0 Å². The predicted molar refractivity (Wildman–Crippen MR) is 170 cm³/mol. The molecule has 0 aliphatic heterocycles. The summed E-state index contributed by atoms with van der Waals surface area (Å²) in [6.45, 7) is 17.1. The zero-order valence-corrected chi connectivity index (χ0v) is 27.1. The van der Waals surface area contributed by atoms with Gasteiger partial charge >= 0.3 is 5.97 Å². The van der Waals surface area contributed by atoms with E-state index in [0.29, 0.717) is 41.8 Å². The number of esters is 1. The summed E-state index contributed by atoms with van der Waals surface area (Å²) in [7, 11) is 0. The Labute approximate surface area is 258 Å². The molecule has 236 valence electrons. The van der Waals surface area contributed by atoms with Gasteiger partial charge in [0.1, 0.15) is 6.10 Å². The molecule has 5 nitrogen and oxygen atoms in total. The number of benzene rings is 1. The van der Waals surface area contributed by atoms with Gasteiger partial charge in [0, 0.05) is 18.1 Å². The summed E-state index contributed by atoms with van der Waals surface area (Å²) in [6, 6.07) is 4.51. The van der Waals surface area contributed by atoms with Crippen molar-refractivity contribution in [3.05, 3.63) is 42.5 Å². The lowest BCUT2D eigenvalue weighted by atomic mass is 9.32. The van der Waals surface area contributed by atoms with E-state index in [1.54, 1.807) is 12.1 Å². The Kier molecular flexibility index (Phi) is 7.43. The Hall–Kier alpha value is -2.27. The van der Waals surface area contributed by atoms with Crippen LogP contribution in [0.1, 0.15) is 104 Å². The van der Waals surface area contributed by atoms with Gasteiger partial charge in [0.05, 0.1) is 0 Å². The summed E-state index contributed by atoms with van der Waals surface area (Å²) in [4.78, 5) is 13.0. The number of ether oxygens (including phenoxy) is 1. The summed E-state index contributed by atoms with van der Waals surface area (Å²) in [5.41, 5.74) is 1.31. The second-order valence-electron chi connectivity index (χ2n) is 16.5. The first-order chi connectivity index (χ1) is 20.3. The van der Waals surface area contributed by atoms with Crippen LogP contribution >= 0.6 is 0 Å². The monoisotopic (exact) mass is 590 g/mol. The maximum Gasteiger partial charge on any atom is 0.331 e. The van der Waals surface area contributed by atoms with E-state index in [1.165, 1.54) is 50.3 Å². The number of rotatable bonds is 5. The van der Waals surface area contributed by atoms with E-state index in [0.717, 1.165) is 32.1 Å². The summed E-state index contributed by atoms with van der Waals surface area (Å²) in [5.74, 6) is 2.11. The topological polar surface area (TPSA) is 87.0 Å². The molecule has 0 radical (unpaired) electrons. The Morgan fingerprint density at radius 2 is 1.67 bits per heavy atom. The fraction of sp³-hybridized carbons (Fsp3) is 0.711. The van der Waals surface area contributed by atoms with E-state index in [9.17, 15) is 20.1 Å². The highest BCUT2D eigenvalue weighted by molar-refractivity contribution is 5.87. The Bertz CT molecular complexity index is 1300. The van der Waals surface area contributed by atoms with Crippen LogP contribution in [0.25, 0.3) is 6.08 Å². The van der Waals surface area contributed by atoms with Gasteiger partial charge in [-0.05, 0) is 139 Å². The molecule has 0 heterocycles. The van der Waals surface area contributed by atoms with Crippen LogP contribution in [-0.4, -0.2) is 34.0 Å². The lowest BCUT2D eigenvalue weighted by Crippen LogP contribution is -2.67. The maximum atomic E-state index is 13.0. The van der Waals surface area contributed by atoms with Gasteiger partial charge in [-0.25, -0.2) is 4.79 Å². The molecule has 0 saturated heterocycles. The number of aliphatic hydroxyl groups is 1. The molecular weight excluding hydrogens is 536 g/mol. The van der Waals surface area contributed by atoms with Gasteiger partial charge in [-0.3, -0.25) is 0 Å². The molecule has 6 rings (SSSR count). The van der Waals surface area contributed by atoms with Crippen molar-refractivity contribution in [2.24, 2.45) is 56.7 Å². The second kappa shape index (κ2) is 10.4. The standard InChI is InChI=1S/C38H54O5/c1-7-25-14-19-38(23-39)21-20-36(5)26(33(25)38)10-12-30-35(4)17-16-31(34(2,3)29(35)15-18-37(30,36)6)43-32(42)13-9-24-8-11-27(40)28(41)22-24/h7-9,11,13,22,25-26,29-31,33,39-41H,1,10,12,14-21,23H2,2-6H3/t25-,26?,29?,30?,31+,33?,35+,36-,37-,38-/m1/s1. The van der Waals surface area contributed by atoms with Crippen molar-refractivity contribution in [1.82, 2.24) is 0 Å². The molecule has 5 fully saturated rings. The van der Waals surface area contributed by atoms with E-state index in [1.807, 2.05) is 0 Å². The summed E-state index contributed by atoms with van der Waals surface area (Å²) in [5, 5.41) is 30.0. The molecule has 5 aliphatic carbocycles. The first-order valence-electron chi connectivity index (χ1n) is 16.9. The summed E-state index contributed by atoms with van der Waals surface area (Å²) in [6.07, 6.45) is 16.7. The Balaban J connectivity index is 1.22. The fourth-order valence-electron chi connectivity index (χ4n) is 12.5.